The van der Waals surface area contributed by atoms with Crippen LogP contribution in [0.3, 0.4) is 0 Å². The normalized spacial score (nSPS) is 26.7. The van der Waals surface area contributed by atoms with Crippen molar-refractivity contribution in [2.75, 3.05) is 0 Å². The summed E-state index contributed by atoms with van der Waals surface area (Å²) in [5.41, 5.74) is 1.40. The molecule has 3 aliphatic rings. The Morgan fingerprint density at radius 3 is 2.60 bits per heavy atom. The second-order valence-corrected chi connectivity index (χ2v) is 8.65. The minimum atomic E-state index is -2.60. The average molecular weight is 419 g/mol. The van der Waals surface area contributed by atoms with Gasteiger partial charge < -0.3 is 10.6 Å². The maximum absolute atomic E-state index is 13.6. The summed E-state index contributed by atoms with van der Waals surface area (Å²) in [6.07, 6.45) is 3.58. The summed E-state index contributed by atoms with van der Waals surface area (Å²) < 4.78 is 28.9. The molecule has 0 saturated heterocycles. The van der Waals surface area contributed by atoms with Crippen LogP contribution in [0.4, 0.5) is 14.6 Å². The molecule has 2 N–H and O–H groups in total. The van der Waals surface area contributed by atoms with Gasteiger partial charge in [0.1, 0.15) is 5.84 Å². The molecule has 1 aliphatic heterocycles. The Bertz CT molecular complexity index is 912. The Morgan fingerprint density at radius 2 is 2.00 bits per heavy atom. The maximum Gasteiger partial charge on any atom is 0.248 e. The molecule has 1 aromatic rings. The first-order valence-electron chi connectivity index (χ1n) is 10.5. The van der Waals surface area contributed by atoms with Crippen molar-refractivity contribution in [2.45, 2.75) is 70.4 Å². The highest BCUT2D eigenvalue weighted by Crippen LogP contribution is 2.43. The number of fused-ring (bicyclic) bond motifs is 1. The fraction of sp³-hybridized carbons (Fsp3) is 0.619. The number of aromatic nitrogens is 2. The van der Waals surface area contributed by atoms with Gasteiger partial charge in [0.05, 0.1) is 23.8 Å². The molecule has 7 nitrogen and oxygen atoms in total. The number of rotatable bonds is 5. The fourth-order valence-corrected chi connectivity index (χ4v) is 4.32. The molecule has 0 radical (unpaired) electrons. The Morgan fingerprint density at radius 1 is 1.30 bits per heavy atom. The number of carbonyl (C=O) groups excluding carboxylic acids is 2. The highest BCUT2D eigenvalue weighted by Gasteiger charge is 2.42. The SMILES string of the molecule is C=C1NC([C@@H]2CC[C@H]2C(=O)NC(C)C(C)=O)=Nc2c1cnn2C1CCC(F)(F)CC1. The van der Waals surface area contributed by atoms with Crippen LogP contribution >= 0.6 is 0 Å². The van der Waals surface area contributed by atoms with Crippen molar-refractivity contribution in [2.24, 2.45) is 16.8 Å². The smallest absolute Gasteiger partial charge is 0.248 e. The molecule has 3 atom stereocenters. The first-order chi connectivity index (χ1) is 14.2. The lowest BCUT2D eigenvalue weighted by Crippen LogP contribution is -2.50. The minimum Gasteiger partial charge on any atom is -0.346 e. The van der Waals surface area contributed by atoms with Crippen LogP contribution in [0.5, 0.6) is 0 Å². The summed E-state index contributed by atoms with van der Waals surface area (Å²) in [7, 11) is 0. The molecule has 2 fully saturated rings. The van der Waals surface area contributed by atoms with Gasteiger partial charge in [0.25, 0.3) is 0 Å². The molecule has 30 heavy (non-hydrogen) atoms. The van der Waals surface area contributed by atoms with Crippen molar-refractivity contribution < 1.29 is 18.4 Å². The van der Waals surface area contributed by atoms with Gasteiger partial charge >= 0.3 is 0 Å². The van der Waals surface area contributed by atoms with E-state index in [2.05, 4.69) is 22.3 Å². The van der Waals surface area contributed by atoms with Crippen molar-refractivity contribution in [3.05, 3.63) is 18.3 Å². The van der Waals surface area contributed by atoms with Crippen LogP contribution in [0.15, 0.2) is 17.8 Å². The zero-order valence-corrected chi connectivity index (χ0v) is 17.3. The van der Waals surface area contributed by atoms with Crippen molar-refractivity contribution in [1.82, 2.24) is 20.4 Å². The van der Waals surface area contributed by atoms with E-state index in [0.717, 1.165) is 18.4 Å². The molecule has 1 amide bonds. The van der Waals surface area contributed by atoms with E-state index in [-0.39, 0.29) is 42.4 Å². The van der Waals surface area contributed by atoms with E-state index in [1.54, 1.807) is 17.8 Å². The van der Waals surface area contributed by atoms with Crippen LogP contribution in [0, 0.1) is 11.8 Å². The molecule has 1 aromatic heterocycles. The molecule has 2 heterocycles. The third-order valence-corrected chi connectivity index (χ3v) is 6.56. The number of Topliss-reactive ketones (excluding diaryl/α,β-unsaturated/α-hetero) is 1. The number of amidine groups is 1. The van der Waals surface area contributed by atoms with Gasteiger partial charge in [0, 0.05) is 30.4 Å². The first-order valence-corrected chi connectivity index (χ1v) is 10.5. The number of ketones is 1. The van der Waals surface area contributed by atoms with Gasteiger partial charge in [-0.3, -0.25) is 9.59 Å². The van der Waals surface area contributed by atoms with Crippen LogP contribution in [-0.4, -0.2) is 39.3 Å². The Hall–Kier alpha value is -2.58. The molecule has 9 heteroatoms. The third-order valence-electron chi connectivity index (χ3n) is 6.56. The first kappa shape index (κ1) is 20.7. The molecule has 2 saturated carbocycles. The number of amides is 1. The van der Waals surface area contributed by atoms with E-state index in [4.69, 9.17) is 4.99 Å². The average Bonchev–Trinajstić information content (AvgIpc) is 3.05. The number of halogens is 2. The van der Waals surface area contributed by atoms with Gasteiger partial charge in [-0.05, 0) is 39.5 Å². The van der Waals surface area contributed by atoms with Crippen LogP contribution in [0.1, 0.15) is 64.0 Å². The van der Waals surface area contributed by atoms with Gasteiger partial charge in [-0.1, -0.05) is 6.58 Å². The molecule has 162 valence electrons. The number of alkyl halides is 2. The van der Waals surface area contributed by atoms with Gasteiger partial charge in [-0.2, -0.15) is 5.10 Å². The van der Waals surface area contributed by atoms with Crippen LogP contribution in [0.2, 0.25) is 0 Å². The zero-order valence-electron chi connectivity index (χ0n) is 17.3. The summed E-state index contributed by atoms with van der Waals surface area (Å²) >= 11 is 0. The lowest BCUT2D eigenvalue weighted by Gasteiger charge is -2.38. The zero-order chi connectivity index (χ0) is 21.6. The predicted molar refractivity (Wildman–Crippen MR) is 108 cm³/mol. The molecular weight excluding hydrogens is 392 g/mol. The highest BCUT2D eigenvalue weighted by molar-refractivity contribution is 6.01. The largest absolute Gasteiger partial charge is 0.346 e. The second-order valence-electron chi connectivity index (χ2n) is 8.65. The third kappa shape index (κ3) is 3.77. The van der Waals surface area contributed by atoms with Crippen molar-refractivity contribution in [3.63, 3.8) is 0 Å². The van der Waals surface area contributed by atoms with Crippen molar-refractivity contribution in [1.29, 1.82) is 0 Å². The van der Waals surface area contributed by atoms with Gasteiger partial charge in [0.15, 0.2) is 11.6 Å². The number of nitrogens with zero attached hydrogens (tertiary/aromatic N) is 3. The van der Waals surface area contributed by atoms with E-state index in [1.165, 1.54) is 6.92 Å². The number of hydrogen-bond acceptors (Lipinski definition) is 5. The summed E-state index contributed by atoms with van der Waals surface area (Å²) in [4.78, 5) is 28.8. The molecule has 0 bridgehead atoms. The molecule has 4 rings (SSSR count). The van der Waals surface area contributed by atoms with E-state index in [0.29, 0.717) is 30.2 Å². The van der Waals surface area contributed by atoms with E-state index < -0.39 is 12.0 Å². The van der Waals surface area contributed by atoms with E-state index in [1.807, 2.05) is 0 Å². The number of hydrogen-bond donors (Lipinski definition) is 2. The second kappa shape index (κ2) is 7.59. The summed E-state index contributed by atoms with van der Waals surface area (Å²) in [5, 5.41) is 10.4. The highest BCUT2D eigenvalue weighted by atomic mass is 19.3. The Labute approximate surface area is 174 Å². The van der Waals surface area contributed by atoms with Crippen LogP contribution in [0.25, 0.3) is 5.70 Å². The lowest BCUT2D eigenvalue weighted by molar-refractivity contribution is -0.132. The topological polar surface area (TPSA) is 88.4 Å². The summed E-state index contributed by atoms with van der Waals surface area (Å²) in [5.74, 6) is -1.95. The summed E-state index contributed by atoms with van der Waals surface area (Å²) in [6, 6.07) is -0.645. The van der Waals surface area contributed by atoms with Crippen LogP contribution < -0.4 is 10.6 Å². The van der Waals surface area contributed by atoms with Gasteiger partial charge in [0.2, 0.25) is 11.8 Å². The lowest BCUT2D eigenvalue weighted by atomic mass is 9.72. The maximum atomic E-state index is 13.6. The molecule has 0 spiro atoms. The number of nitrogens with one attached hydrogen (secondary N) is 2. The molecule has 2 aliphatic carbocycles. The number of aliphatic imine (C=N–C) groups is 1. The predicted octanol–water partition coefficient (Wildman–Crippen LogP) is 3.36. The quantitative estimate of drug-likeness (QED) is 0.766. The fourth-order valence-electron chi connectivity index (χ4n) is 4.32. The van der Waals surface area contributed by atoms with Gasteiger partial charge in [-0.25, -0.2) is 18.5 Å². The minimum absolute atomic E-state index is 0.0904. The molecule has 1 unspecified atom stereocenters. The van der Waals surface area contributed by atoms with E-state index >= 15 is 0 Å². The van der Waals surface area contributed by atoms with Crippen molar-refractivity contribution in [3.8, 4) is 0 Å². The molecule has 0 aromatic carbocycles. The van der Waals surface area contributed by atoms with Crippen LogP contribution in [-0.2, 0) is 9.59 Å². The van der Waals surface area contributed by atoms with Crippen molar-refractivity contribution >= 4 is 29.0 Å². The molecular formula is C21H27F2N5O2. The Kier molecular flexibility index (Phi) is 5.23. The number of carbonyl (C=O) groups is 2. The Balaban J connectivity index is 1.54. The van der Waals surface area contributed by atoms with E-state index in [9.17, 15) is 18.4 Å². The monoisotopic (exact) mass is 419 g/mol. The standard InChI is InChI=1S/C21H27F2N5O2/c1-11(13(3)29)26-20(30)16-5-4-15(16)18-25-12(2)17-10-24-28(19(17)27-18)14-6-8-21(22,23)9-7-14/h10-11,14-16H,2,4-9H2,1,3H3,(H,25,27)(H,26,30)/t11?,15-,16-/m1/s1. The summed E-state index contributed by atoms with van der Waals surface area (Å²) in [6.45, 7) is 7.18. The van der Waals surface area contributed by atoms with Gasteiger partial charge in [-0.15, -0.1) is 0 Å².